The maximum atomic E-state index is 5.17. The smallest absolute Gasteiger partial charge is 0.125 e. The Morgan fingerprint density at radius 3 is 2.67 bits per heavy atom. The van der Waals surface area contributed by atoms with E-state index in [0.29, 0.717) is 6.61 Å². The first-order valence-corrected chi connectivity index (χ1v) is 4.38. The normalized spacial score (nSPS) is 9.92. The molecule has 1 aromatic carbocycles. The van der Waals surface area contributed by atoms with Gasteiger partial charge in [0.1, 0.15) is 5.75 Å². The van der Waals surface area contributed by atoms with E-state index >= 15 is 0 Å². The monoisotopic (exact) mass is 230 g/mol. The summed E-state index contributed by atoms with van der Waals surface area (Å²) in [6.07, 6.45) is 0. The lowest BCUT2D eigenvalue weighted by Crippen LogP contribution is -1.93. The molecule has 3 heteroatoms. The van der Waals surface area contributed by atoms with Crippen LogP contribution in [0.15, 0.2) is 22.7 Å². The van der Waals surface area contributed by atoms with Gasteiger partial charge in [0.05, 0.1) is 13.7 Å². The van der Waals surface area contributed by atoms with Gasteiger partial charge in [0.2, 0.25) is 0 Å². The first-order chi connectivity index (χ1) is 5.77. The van der Waals surface area contributed by atoms with Gasteiger partial charge in [-0.3, -0.25) is 0 Å². The van der Waals surface area contributed by atoms with Crippen LogP contribution in [0, 0.1) is 0 Å². The molecule has 1 aromatic rings. The minimum atomic E-state index is 0.580. The Kier molecular flexibility index (Phi) is 3.56. The van der Waals surface area contributed by atoms with Crippen molar-refractivity contribution in [2.24, 2.45) is 0 Å². The molecular formula is C9H11BrO2. The molecule has 0 bridgehead atoms. The third kappa shape index (κ3) is 2.22. The highest BCUT2D eigenvalue weighted by atomic mass is 79.9. The lowest BCUT2D eigenvalue weighted by Gasteiger charge is -2.07. The third-order valence-electron chi connectivity index (χ3n) is 1.55. The van der Waals surface area contributed by atoms with Crippen LogP contribution < -0.4 is 4.74 Å². The Labute approximate surface area is 80.6 Å². The molecule has 0 aliphatic heterocycles. The molecule has 0 aliphatic carbocycles. The zero-order chi connectivity index (χ0) is 8.97. The number of hydrogen-bond donors (Lipinski definition) is 0. The number of methoxy groups -OCH3 is 2. The Hall–Kier alpha value is -0.540. The van der Waals surface area contributed by atoms with E-state index in [9.17, 15) is 0 Å². The van der Waals surface area contributed by atoms with Crippen molar-refractivity contribution in [3.63, 3.8) is 0 Å². The molecule has 0 unspecified atom stereocenters. The Morgan fingerprint density at radius 2 is 2.08 bits per heavy atom. The summed E-state index contributed by atoms with van der Waals surface area (Å²) in [5, 5.41) is 0. The fourth-order valence-electron chi connectivity index (χ4n) is 0.993. The summed E-state index contributed by atoms with van der Waals surface area (Å²) in [6, 6.07) is 5.87. The van der Waals surface area contributed by atoms with Crippen molar-refractivity contribution in [1.29, 1.82) is 0 Å². The molecule has 2 nitrogen and oxygen atoms in total. The molecule has 12 heavy (non-hydrogen) atoms. The molecule has 0 radical (unpaired) electrons. The summed E-state index contributed by atoms with van der Waals surface area (Å²) in [4.78, 5) is 0. The third-order valence-corrected chi connectivity index (χ3v) is 2.04. The van der Waals surface area contributed by atoms with E-state index in [0.717, 1.165) is 15.8 Å². The molecule has 0 fully saturated rings. The van der Waals surface area contributed by atoms with E-state index < -0.39 is 0 Å². The molecule has 0 N–H and O–H groups in total. The summed E-state index contributed by atoms with van der Waals surface area (Å²) >= 11 is 3.37. The summed E-state index contributed by atoms with van der Waals surface area (Å²) in [7, 11) is 3.32. The molecule has 0 amide bonds. The average Bonchev–Trinajstić information content (AvgIpc) is 2.08. The highest BCUT2D eigenvalue weighted by molar-refractivity contribution is 9.10. The van der Waals surface area contributed by atoms with Crippen LogP contribution in [-0.2, 0) is 11.3 Å². The highest BCUT2D eigenvalue weighted by Gasteiger charge is 2.01. The van der Waals surface area contributed by atoms with Gasteiger partial charge in [-0.15, -0.1) is 0 Å². The van der Waals surface area contributed by atoms with Gasteiger partial charge in [-0.25, -0.2) is 0 Å². The molecule has 0 atom stereocenters. The quantitative estimate of drug-likeness (QED) is 0.795. The molecule has 0 aliphatic rings. The zero-order valence-electron chi connectivity index (χ0n) is 7.13. The van der Waals surface area contributed by atoms with E-state index in [4.69, 9.17) is 9.47 Å². The highest BCUT2D eigenvalue weighted by Crippen LogP contribution is 2.23. The SMILES string of the molecule is COCc1ccc(Br)cc1OC. The Bertz CT molecular complexity index is 261. The van der Waals surface area contributed by atoms with Crippen LogP contribution >= 0.6 is 15.9 Å². The van der Waals surface area contributed by atoms with Gasteiger partial charge in [0.25, 0.3) is 0 Å². The van der Waals surface area contributed by atoms with Gasteiger partial charge in [-0.1, -0.05) is 22.0 Å². The molecule has 0 saturated carbocycles. The summed E-state index contributed by atoms with van der Waals surface area (Å²) < 4.78 is 11.2. The minimum Gasteiger partial charge on any atom is -0.496 e. The molecule has 0 spiro atoms. The van der Waals surface area contributed by atoms with Crippen molar-refractivity contribution in [3.05, 3.63) is 28.2 Å². The fraction of sp³-hybridized carbons (Fsp3) is 0.333. The largest absolute Gasteiger partial charge is 0.496 e. The maximum absolute atomic E-state index is 5.17. The van der Waals surface area contributed by atoms with Crippen molar-refractivity contribution in [2.45, 2.75) is 6.61 Å². The van der Waals surface area contributed by atoms with Gasteiger partial charge in [0, 0.05) is 17.1 Å². The molecule has 0 heterocycles. The number of benzene rings is 1. The lowest BCUT2D eigenvalue weighted by atomic mass is 10.2. The van der Waals surface area contributed by atoms with Gasteiger partial charge >= 0.3 is 0 Å². The second-order valence-corrected chi connectivity index (χ2v) is 3.30. The summed E-state index contributed by atoms with van der Waals surface area (Å²) in [5.41, 5.74) is 1.06. The van der Waals surface area contributed by atoms with Gasteiger partial charge in [0.15, 0.2) is 0 Å². The first kappa shape index (κ1) is 9.55. The van der Waals surface area contributed by atoms with E-state index in [2.05, 4.69) is 15.9 Å². The number of rotatable bonds is 3. The van der Waals surface area contributed by atoms with Crippen LogP contribution in [0.1, 0.15) is 5.56 Å². The fourth-order valence-corrected chi connectivity index (χ4v) is 1.33. The van der Waals surface area contributed by atoms with Crippen LogP contribution in [0.5, 0.6) is 5.75 Å². The standard InChI is InChI=1S/C9H11BrO2/c1-11-6-7-3-4-8(10)5-9(7)12-2/h3-5H,6H2,1-2H3. The van der Waals surface area contributed by atoms with Crippen LogP contribution in [0.4, 0.5) is 0 Å². The second-order valence-electron chi connectivity index (χ2n) is 2.39. The van der Waals surface area contributed by atoms with E-state index in [1.165, 1.54) is 0 Å². The van der Waals surface area contributed by atoms with Gasteiger partial charge in [-0.2, -0.15) is 0 Å². The van der Waals surface area contributed by atoms with Crippen molar-refractivity contribution in [2.75, 3.05) is 14.2 Å². The first-order valence-electron chi connectivity index (χ1n) is 3.59. The van der Waals surface area contributed by atoms with Crippen molar-refractivity contribution >= 4 is 15.9 Å². The van der Waals surface area contributed by atoms with Gasteiger partial charge < -0.3 is 9.47 Å². The zero-order valence-corrected chi connectivity index (χ0v) is 8.72. The summed E-state index contributed by atoms with van der Waals surface area (Å²) in [6.45, 7) is 0.580. The molecular weight excluding hydrogens is 220 g/mol. The Morgan fingerprint density at radius 1 is 1.33 bits per heavy atom. The predicted octanol–water partition coefficient (Wildman–Crippen LogP) is 2.60. The van der Waals surface area contributed by atoms with Crippen LogP contribution in [-0.4, -0.2) is 14.2 Å². The number of halogens is 1. The molecule has 1 rings (SSSR count). The van der Waals surface area contributed by atoms with E-state index in [-0.39, 0.29) is 0 Å². The number of hydrogen-bond acceptors (Lipinski definition) is 2. The van der Waals surface area contributed by atoms with Crippen LogP contribution in [0.3, 0.4) is 0 Å². The molecule has 66 valence electrons. The van der Waals surface area contributed by atoms with Gasteiger partial charge in [-0.05, 0) is 12.1 Å². The molecule has 0 saturated heterocycles. The maximum Gasteiger partial charge on any atom is 0.125 e. The summed E-state index contributed by atoms with van der Waals surface area (Å²) in [5.74, 6) is 0.853. The minimum absolute atomic E-state index is 0.580. The Balaban J connectivity index is 2.94. The van der Waals surface area contributed by atoms with Crippen molar-refractivity contribution < 1.29 is 9.47 Å². The van der Waals surface area contributed by atoms with Crippen molar-refractivity contribution in [1.82, 2.24) is 0 Å². The van der Waals surface area contributed by atoms with E-state index in [1.54, 1.807) is 14.2 Å². The lowest BCUT2D eigenvalue weighted by molar-refractivity contribution is 0.181. The van der Waals surface area contributed by atoms with Crippen LogP contribution in [0.2, 0.25) is 0 Å². The van der Waals surface area contributed by atoms with Crippen LogP contribution in [0.25, 0.3) is 0 Å². The topological polar surface area (TPSA) is 18.5 Å². The predicted molar refractivity (Wildman–Crippen MR) is 51.4 cm³/mol. The van der Waals surface area contributed by atoms with E-state index in [1.807, 2.05) is 18.2 Å². The second kappa shape index (κ2) is 4.48. The van der Waals surface area contributed by atoms with Crippen molar-refractivity contribution in [3.8, 4) is 5.75 Å². The number of ether oxygens (including phenoxy) is 2. The molecule has 0 aromatic heterocycles. The average molecular weight is 231 g/mol.